The van der Waals surface area contributed by atoms with E-state index in [1.54, 1.807) is 31.2 Å². The number of hydrogen-bond acceptors (Lipinski definition) is 3. The molecule has 2 aromatic carbocycles. The molecule has 0 aromatic heterocycles. The lowest BCUT2D eigenvalue weighted by Crippen LogP contribution is -2.37. The highest BCUT2D eigenvalue weighted by molar-refractivity contribution is 14.0. The summed E-state index contributed by atoms with van der Waals surface area (Å²) in [5.74, 6) is 1.36. The zero-order valence-electron chi connectivity index (χ0n) is 17.2. The lowest BCUT2D eigenvalue weighted by molar-refractivity contribution is 0.411. The van der Waals surface area contributed by atoms with E-state index in [9.17, 15) is 4.39 Å². The van der Waals surface area contributed by atoms with Crippen molar-refractivity contribution in [1.82, 2.24) is 10.6 Å². The molecule has 0 spiro atoms. The molecule has 0 fully saturated rings. The van der Waals surface area contributed by atoms with Gasteiger partial charge in [-0.1, -0.05) is 18.2 Å². The molecular weight excluding hydrogens is 470 g/mol. The molecular formula is C21H30FIN4O. The Balaban J connectivity index is 0.00000392. The molecule has 2 N–H and O–H groups in total. The maximum absolute atomic E-state index is 14.1. The number of aryl methyl sites for hydroxylation is 1. The summed E-state index contributed by atoms with van der Waals surface area (Å²) in [6, 6.07) is 11.5. The molecule has 28 heavy (non-hydrogen) atoms. The number of guanidine groups is 1. The van der Waals surface area contributed by atoms with Crippen LogP contribution < -0.4 is 20.3 Å². The second-order valence-electron chi connectivity index (χ2n) is 6.59. The first-order valence-electron chi connectivity index (χ1n) is 8.98. The first-order valence-corrected chi connectivity index (χ1v) is 8.98. The number of ether oxygens (including phenoxy) is 1. The van der Waals surface area contributed by atoms with Crippen LogP contribution in [-0.4, -0.2) is 40.8 Å². The number of aliphatic imine (C=N–C) groups is 1. The van der Waals surface area contributed by atoms with E-state index in [1.807, 2.05) is 27.1 Å². The number of nitrogens with zero attached hydrogens (tertiary/aromatic N) is 2. The van der Waals surface area contributed by atoms with Gasteiger partial charge in [-0.2, -0.15) is 0 Å². The first-order chi connectivity index (χ1) is 12.9. The fourth-order valence-electron chi connectivity index (χ4n) is 2.77. The number of anilines is 1. The fraction of sp³-hybridized carbons (Fsp3) is 0.381. The van der Waals surface area contributed by atoms with E-state index in [0.29, 0.717) is 18.2 Å². The predicted molar refractivity (Wildman–Crippen MR) is 126 cm³/mol. The SMILES string of the molecule is CN=C(NCCc1ccc(C)c(OC)c1)NCc1ccc(N(C)C)c(F)c1.I. The van der Waals surface area contributed by atoms with E-state index in [0.717, 1.165) is 29.8 Å². The van der Waals surface area contributed by atoms with Crippen LogP contribution in [0.3, 0.4) is 0 Å². The van der Waals surface area contributed by atoms with Gasteiger partial charge in [0.2, 0.25) is 0 Å². The molecule has 0 atom stereocenters. The Labute approximate surface area is 184 Å². The summed E-state index contributed by atoms with van der Waals surface area (Å²) in [5.41, 5.74) is 3.76. The van der Waals surface area contributed by atoms with Crippen LogP contribution in [0.15, 0.2) is 41.4 Å². The van der Waals surface area contributed by atoms with Gasteiger partial charge >= 0.3 is 0 Å². The molecule has 0 heterocycles. The lowest BCUT2D eigenvalue weighted by atomic mass is 10.1. The number of methoxy groups -OCH3 is 1. The maximum Gasteiger partial charge on any atom is 0.191 e. The van der Waals surface area contributed by atoms with Gasteiger partial charge < -0.3 is 20.3 Å². The fourth-order valence-corrected chi connectivity index (χ4v) is 2.77. The van der Waals surface area contributed by atoms with E-state index in [2.05, 4.69) is 33.8 Å². The standard InChI is InChI=1S/C21H29FN4O.HI/c1-15-6-7-16(13-20(15)27-5)10-11-24-21(23-2)25-14-17-8-9-19(26(3)4)18(22)12-17;/h6-9,12-13H,10-11,14H2,1-5H3,(H2,23,24,25);1H. The summed E-state index contributed by atoms with van der Waals surface area (Å²) in [7, 11) is 7.06. The Morgan fingerprint density at radius 1 is 1.11 bits per heavy atom. The van der Waals surface area contributed by atoms with Gasteiger partial charge in [0.15, 0.2) is 5.96 Å². The highest BCUT2D eigenvalue weighted by Gasteiger charge is 2.06. The predicted octanol–water partition coefficient (Wildman–Crippen LogP) is 3.73. The van der Waals surface area contributed by atoms with Crippen LogP contribution in [0.4, 0.5) is 10.1 Å². The normalized spacial score (nSPS) is 10.9. The van der Waals surface area contributed by atoms with Crippen LogP contribution >= 0.6 is 24.0 Å². The van der Waals surface area contributed by atoms with Gasteiger partial charge in [-0.3, -0.25) is 4.99 Å². The quantitative estimate of drug-likeness (QED) is 0.346. The van der Waals surface area contributed by atoms with Crippen molar-refractivity contribution in [2.45, 2.75) is 19.9 Å². The van der Waals surface area contributed by atoms with Crippen molar-refractivity contribution in [2.75, 3.05) is 39.7 Å². The third kappa shape index (κ3) is 6.85. The molecule has 0 aliphatic heterocycles. The number of nitrogens with one attached hydrogen (secondary N) is 2. The number of benzene rings is 2. The molecule has 0 unspecified atom stereocenters. The van der Waals surface area contributed by atoms with Crippen LogP contribution in [0.5, 0.6) is 5.75 Å². The molecule has 0 aliphatic rings. The second-order valence-corrected chi connectivity index (χ2v) is 6.59. The van der Waals surface area contributed by atoms with Crippen molar-refractivity contribution in [1.29, 1.82) is 0 Å². The van der Waals surface area contributed by atoms with Gasteiger partial charge in [0.1, 0.15) is 11.6 Å². The average Bonchev–Trinajstić information content (AvgIpc) is 2.65. The van der Waals surface area contributed by atoms with Crippen LogP contribution in [0, 0.1) is 12.7 Å². The number of halogens is 2. The summed E-state index contributed by atoms with van der Waals surface area (Å²) in [6.07, 6.45) is 0.851. The van der Waals surface area contributed by atoms with Crippen molar-refractivity contribution in [3.8, 4) is 5.75 Å². The third-order valence-electron chi connectivity index (χ3n) is 4.36. The van der Waals surface area contributed by atoms with Gasteiger partial charge in [0, 0.05) is 34.2 Å². The van der Waals surface area contributed by atoms with Crippen LogP contribution in [0.2, 0.25) is 0 Å². The third-order valence-corrected chi connectivity index (χ3v) is 4.36. The molecule has 0 bridgehead atoms. The largest absolute Gasteiger partial charge is 0.496 e. The molecule has 0 aliphatic carbocycles. The van der Waals surface area contributed by atoms with E-state index < -0.39 is 0 Å². The van der Waals surface area contributed by atoms with Crippen molar-refractivity contribution in [3.63, 3.8) is 0 Å². The summed E-state index contributed by atoms with van der Waals surface area (Å²) < 4.78 is 19.4. The van der Waals surface area contributed by atoms with Gasteiger partial charge in [-0.05, 0) is 48.2 Å². The Kier molecular flexibility index (Phi) is 10.1. The topological polar surface area (TPSA) is 48.9 Å². The Hall–Kier alpha value is -2.03. The van der Waals surface area contributed by atoms with Crippen molar-refractivity contribution in [2.24, 2.45) is 4.99 Å². The molecule has 7 heteroatoms. The molecule has 2 rings (SSSR count). The summed E-state index contributed by atoms with van der Waals surface area (Å²) in [6.45, 7) is 3.27. The highest BCUT2D eigenvalue weighted by atomic mass is 127. The first kappa shape index (κ1) is 24.0. The van der Waals surface area contributed by atoms with Crippen LogP contribution in [0.1, 0.15) is 16.7 Å². The molecule has 0 saturated heterocycles. The summed E-state index contributed by atoms with van der Waals surface area (Å²) >= 11 is 0. The maximum atomic E-state index is 14.1. The van der Waals surface area contributed by atoms with Crippen molar-refractivity contribution in [3.05, 3.63) is 58.9 Å². The monoisotopic (exact) mass is 500 g/mol. The summed E-state index contributed by atoms with van der Waals surface area (Å²) in [4.78, 5) is 5.98. The van der Waals surface area contributed by atoms with Crippen molar-refractivity contribution >= 4 is 35.6 Å². The Bertz CT molecular complexity index is 796. The minimum Gasteiger partial charge on any atom is -0.496 e. The molecule has 0 amide bonds. The Morgan fingerprint density at radius 3 is 2.43 bits per heavy atom. The van der Waals surface area contributed by atoms with Gasteiger partial charge in [0.25, 0.3) is 0 Å². The lowest BCUT2D eigenvalue weighted by Gasteiger charge is -2.15. The molecule has 0 radical (unpaired) electrons. The zero-order valence-corrected chi connectivity index (χ0v) is 19.5. The average molecular weight is 500 g/mol. The molecule has 0 saturated carbocycles. The molecule has 154 valence electrons. The Morgan fingerprint density at radius 2 is 1.82 bits per heavy atom. The van der Waals surface area contributed by atoms with Crippen LogP contribution in [0.25, 0.3) is 0 Å². The van der Waals surface area contributed by atoms with E-state index in [-0.39, 0.29) is 29.8 Å². The zero-order chi connectivity index (χ0) is 19.8. The highest BCUT2D eigenvalue weighted by Crippen LogP contribution is 2.19. The van der Waals surface area contributed by atoms with E-state index in [1.165, 1.54) is 5.56 Å². The smallest absolute Gasteiger partial charge is 0.191 e. The number of hydrogen-bond donors (Lipinski definition) is 2. The van der Waals surface area contributed by atoms with Crippen LogP contribution in [-0.2, 0) is 13.0 Å². The minimum absolute atomic E-state index is 0. The number of rotatable bonds is 7. The second kappa shape index (κ2) is 11.7. The van der Waals surface area contributed by atoms with E-state index >= 15 is 0 Å². The minimum atomic E-state index is -0.226. The molecule has 5 nitrogen and oxygen atoms in total. The molecule has 2 aromatic rings. The van der Waals surface area contributed by atoms with Crippen molar-refractivity contribution < 1.29 is 9.13 Å². The van der Waals surface area contributed by atoms with Gasteiger partial charge in [0.05, 0.1) is 12.8 Å². The van der Waals surface area contributed by atoms with E-state index in [4.69, 9.17) is 4.74 Å². The summed E-state index contributed by atoms with van der Waals surface area (Å²) in [5, 5.41) is 6.49. The van der Waals surface area contributed by atoms with Gasteiger partial charge in [-0.15, -0.1) is 24.0 Å². The van der Waals surface area contributed by atoms with Gasteiger partial charge in [-0.25, -0.2) is 4.39 Å².